The normalized spacial score (nSPS) is 11.0. The first kappa shape index (κ1) is 19.5. The van der Waals surface area contributed by atoms with Crippen molar-refractivity contribution in [3.63, 3.8) is 0 Å². The second-order valence-electron chi connectivity index (χ2n) is 6.58. The van der Waals surface area contributed by atoms with Gasteiger partial charge in [0.25, 0.3) is 0 Å². The van der Waals surface area contributed by atoms with Gasteiger partial charge in [-0.2, -0.15) is 0 Å². The van der Waals surface area contributed by atoms with Gasteiger partial charge in [0.2, 0.25) is 0 Å². The Balaban J connectivity index is 1.67. The molecule has 0 saturated carbocycles. The van der Waals surface area contributed by atoms with Crippen molar-refractivity contribution >= 4 is 34.2 Å². The zero-order chi connectivity index (χ0) is 20.5. The van der Waals surface area contributed by atoms with Crippen molar-refractivity contribution < 1.29 is 13.5 Å². The van der Waals surface area contributed by atoms with Crippen LogP contribution in [0.5, 0.6) is 5.75 Å². The highest BCUT2D eigenvalue weighted by atomic mass is 35.5. The van der Waals surface area contributed by atoms with Crippen molar-refractivity contribution in [1.82, 2.24) is 0 Å². The summed E-state index contributed by atoms with van der Waals surface area (Å²) >= 11 is 12.0. The molecular weight excluding hydrogens is 414 g/mol. The molecular formula is C23H15Cl2FO3. The van der Waals surface area contributed by atoms with E-state index in [4.69, 9.17) is 32.4 Å². The van der Waals surface area contributed by atoms with Gasteiger partial charge >= 0.3 is 5.63 Å². The maximum absolute atomic E-state index is 13.2. The van der Waals surface area contributed by atoms with Gasteiger partial charge < -0.3 is 9.15 Å². The van der Waals surface area contributed by atoms with Crippen LogP contribution >= 0.6 is 23.2 Å². The van der Waals surface area contributed by atoms with Crippen LogP contribution in [0.15, 0.2) is 69.9 Å². The molecule has 1 aromatic heterocycles. The molecule has 0 unspecified atom stereocenters. The highest BCUT2D eigenvalue weighted by molar-refractivity contribution is 6.31. The Hall–Kier alpha value is -2.82. The molecule has 146 valence electrons. The van der Waals surface area contributed by atoms with Crippen molar-refractivity contribution in [3.05, 3.63) is 98.1 Å². The van der Waals surface area contributed by atoms with Gasteiger partial charge in [-0.05, 0) is 54.4 Å². The quantitative estimate of drug-likeness (QED) is 0.335. The lowest BCUT2D eigenvalue weighted by atomic mass is 10.00. The van der Waals surface area contributed by atoms with E-state index in [-0.39, 0.29) is 6.61 Å². The molecule has 4 aromatic rings. The van der Waals surface area contributed by atoms with Gasteiger partial charge in [0.15, 0.2) is 0 Å². The third kappa shape index (κ3) is 4.00. The first-order chi connectivity index (χ1) is 13.9. The molecule has 3 nitrogen and oxygen atoms in total. The lowest BCUT2D eigenvalue weighted by Gasteiger charge is -2.11. The fourth-order valence-corrected chi connectivity index (χ4v) is 3.52. The van der Waals surface area contributed by atoms with Gasteiger partial charge in [0.1, 0.15) is 23.8 Å². The second-order valence-corrected chi connectivity index (χ2v) is 7.42. The number of hydrogen-bond donors (Lipinski definition) is 0. The van der Waals surface area contributed by atoms with Crippen molar-refractivity contribution in [3.8, 4) is 16.9 Å². The lowest BCUT2D eigenvalue weighted by molar-refractivity contribution is 0.306. The number of halogens is 3. The third-order valence-electron chi connectivity index (χ3n) is 4.68. The van der Waals surface area contributed by atoms with E-state index in [0.717, 1.165) is 16.5 Å². The van der Waals surface area contributed by atoms with E-state index in [1.807, 2.05) is 13.0 Å². The molecule has 6 heteroatoms. The average molecular weight is 429 g/mol. The Kier molecular flexibility index (Phi) is 5.31. The monoisotopic (exact) mass is 428 g/mol. The zero-order valence-corrected chi connectivity index (χ0v) is 16.9. The average Bonchev–Trinajstić information content (AvgIpc) is 2.68. The Morgan fingerprint density at radius 2 is 1.76 bits per heavy atom. The van der Waals surface area contributed by atoms with Gasteiger partial charge in [-0.25, -0.2) is 9.18 Å². The van der Waals surface area contributed by atoms with Crippen LogP contribution in [0.4, 0.5) is 4.39 Å². The van der Waals surface area contributed by atoms with E-state index in [1.165, 1.54) is 12.1 Å². The minimum atomic E-state index is -0.434. The summed E-state index contributed by atoms with van der Waals surface area (Å²) in [6.07, 6.45) is 0. The third-order valence-corrected chi connectivity index (χ3v) is 5.29. The molecule has 29 heavy (non-hydrogen) atoms. The van der Waals surface area contributed by atoms with Crippen LogP contribution in [0.25, 0.3) is 22.1 Å². The summed E-state index contributed by atoms with van der Waals surface area (Å²) in [5.41, 5.74) is 2.70. The van der Waals surface area contributed by atoms with Gasteiger partial charge in [0.05, 0.1) is 10.6 Å². The summed E-state index contributed by atoms with van der Waals surface area (Å²) in [7, 11) is 0. The van der Waals surface area contributed by atoms with E-state index >= 15 is 0 Å². The Morgan fingerprint density at radius 1 is 1.00 bits per heavy atom. The number of rotatable bonds is 4. The molecule has 0 aliphatic rings. The molecule has 0 aliphatic carbocycles. The van der Waals surface area contributed by atoms with Crippen molar-refractivity contribution in [1.29, 1.82) is 0 Å². The largest absolute Gasteiger partial charge is 0.489 e. The van der Waals surface area contributed by atoms with Crippen LogP contribution in [0, 0.1) is 12.7 Å². The van der Waals surface area contributed by atoms with E-state index in [0.29, 0.717) is 32.5 Å². The smallest absolute Gasteiger partial charge is 0.344 e. The summed E-state index contributed by atoms with van der Waals surface area (Å²) in [5.74, 6) is 0.109. The van der Waals surface area contributed by atoms with E-state index in [2.05, 4.69) is 0 Å². The van der Waals surface area contributed by atoms with Crippen molar-refractivity contribution in [2.75, 3.05) is 0 Å². The first-order valence-corrected chi connectivity index (χ1v) is 9.58. The molecule has 1 heterocycles. The number of fused-ring (bicyclic) bond motifs is 1. The summed E-state index contributed by atoms with van der Waals surface area (Å²) in [5, 5.41) is 1.70. The van der Waals surface area contributed by atoms with Crippen LogP contribution in [0.1, 0.15) is 11.1 Å². The fraction of sp³-hybridized carbons (Fsp3) is 0.0870. The number of aryl methyl sites for hydroxylation is 1. The number of ether oxygens (including phenoxy) is 1. The van der Waals surface area contributed by atoms with Crippen LogP contribution in [-0.4, -0.2) is 0 Å². The molecule has 0 aliphatic heterocycles. The van der Waals surface area contributed by atoms with Crippen molar-refractivity contribution in [2.45, 2.75) is 13.5 Å². The van der Waals surface area contributed by atoms with Crippen LogP contribution < -0.4 is 10.4 Å². The highest BCUT2D eigenvalue weighted by Gasteiger charge is 2.14. The van der Waals surface area contributed by atoms with E-state index < -0.39 is 11.4 Å². The predicted molar refractivity (Wildman–Crippen MR) is 113 cm³/mol. The summed E-state index contributed by atoms with van der Waals surface area (Å²) in [6, 6.07) is 16.5. The molecule has 0 fully saturated rings. The van der Waals surface area contributed by atoms with Crippen LogP contribution in [-0.2, 0) is 6.61 Å². The standard InChI is InChI=1S/C23H15Cl2FO3/c1-13-19-9-8-18(28-12-15-4-7-17(26)10-20(15)25)11-21(19)29-23(27)22(13)14-2-5-16(24)6-3-14/h2-11H,12H2,1H3. The maximum Gasteiger partial charge on any atom is 0.344 e. The molecule has 0 radical (unpaired) electrons. The van der Waals surface area contributed by atoms with Crippen LogP contribution in [0.3, 0.4) is 0 Å². The predicted octanol–water partition coefficient (Wildman–Crippen LogP) is 6.79. The van der Waals surface area contributed by atoms with Crippen molar-refractivity contribution in [2.24, 2.45) is 0 Å². The molecule has 0 bridgehead atoms. The SMILES string of the molecule is Cc1c(-c2ccc(Cl)cc2)c(=O)oc2cc(OCc3ccc(F)cc3Cl)ccc12. The molecule has 4 rings (SSSR count). The molecule has 3 aromatic carbocycles. The molecule has 0 spiro atoms. The van der Waals surface area contributed by atoms with Crippen LogP contribution in [0.2, 0.25) is 10.0 Å². The molecule has 0 atom stereocenters. The fourth-order valence-electron chi connectivity index (χ4n) is 3.18. The second kappa shape index (κ2) is 7.90. The van der Waals surface area contributed by atoms with Gasteiger partial charge in [-0.3, -0.25) is 0 Å². The molecule has 0 saturated heterocycles. The number of benzene rings is 3. The van der Waals surface area contributed by atoms with Gasteiger partial charge in [-0.1, -0.05) is 41.4 Å². The summed E-state index contributed by atoms with van der Waals surface area (Å²) in [4.78, 5) is 12.6. The summed E-state index contributed by atoms with van der Waals surface area (Å²) < 4.78 is 24.5. The van der Waals surface area contributed by atoms with E-state index in [1.54, 1.807) is 42.5 Å². The Labute approximate surface area is 176 Å². The number of hydrogen-bond acceptors (Lipinski definition) is 3. The first-order valence-electron chi connectivity index (χ1n) is 8.82. The Bertz CT molecular complexity index is 1260. The minimum Gasteiger partial charge on any atom is -0.489 e. The highest BCUT2D eigenvalue weighted by Crippen LogP contribution is 2.30. The molecule has 0 amide bonds. The van der Waals surface area contributed by atoms with Gasteiger partial charge in [-0.15, -0.1) is 0 Å². The topological polar surface area (TPSA) is 39.4 Å². The molecule has 0 N–H and O–H groups in total. The summed E-state index contributed by atoms with van der Waals surface area (Å²) in [6.45, 7) is 2.04. The van der Waals surface area contributed by atoms with E-state index in [9.17, 15) is 9.18 Å². The maximum atomic E-state index is 13.2. The zero-order valence-electron chi connectivity index (χ0n) is 15.3. The van der Waals surface area contributed by atoms with Gasteiger partial charge in [0, 0.05) is 22.0 Å². The Morgan fingerprint density at radius 3 is 2.48 bits per heavy atom. The minimum absolute atomic E-state index is 0.163. The lowest BCUT2D eigenvalue weighted by Crippen LogP contribution is -2.06.